The number of piperazine rings is 1. The summed E-state index contributed by atoms with van der Waals surface area (Å²) in [5.74, 6) is 1.37. The first-order chi connectivity index (χ1) is 13.6. The van der Waals surface area contributed by atoms with E-state index in [1.807, 2.05) is 32.0 Å². The molecular weight excluding hydrogens is 378 g/mol. The maximum atomic E-state index is 11.2. The van der Waals surface area contributed by atoms with Crippen LogP contribution < -0.4 is 20.9 Å². The van der Waals surface area contributed by atoms with Crippen LogP contribution in [0.5, 0.6) is 5.75 Å². The molecule has 1 aromatic heterocycles. The van der Waals surface area contributed by atoms with Crippen molar-refractivity contribution in [3.8, 4) is 5.75 Å². The molecule has 0 spiro atoms. The summed E-state index contributed by atoms with van der Waals surface area (Å²) < 4.78 is 5.17. The molecule has 0 radical (unpaired) electrons. The number of imidazole rings is 1. The third kappa shape index (κ3) is 6.95. The lowest BCUT2D eigenvalue weighted by Crippen LogP contribution is -2.52. The molecule has 0 bridgehead atoms. The molecule has 28 heavy (non-hydrogen) atoms. The van der Waals surface area contributed by atoms with Crippen molar-refractivity contribution in [1.29, 1.82) is 0 Å². The van der Waals surface area contributed by atoms with Gasteiger partial charge >= 0.3 is 6.03 Å². The minimum Gasteiger partial charge on any atom is -0.494 e. The summed E-state index contributed by atoms with van der Waals surface area (Å²) in [7, 11) is 5.37. The highest BCUT2D eigenvalue weighted by atomic mass is 32.1. The highest BCUT2D eigenvalue weighted by molar-refractivity contribution is 7.79. The summed E-state index contributed by atoms with van der Waals surface area (Å²) in [5.41, 5.74) is 8.30. The van der Waals surface area contributed by atoms with E-state index < -0.39 is 0 Å². The number of carbonyl (C=O) groups is 1. The summed E-state index contributed by atoms with van der Waals surface area (Å²) in [6, 6.07) is 5.66. The zero-order chi connectivity index (χ0) is 20.9. The molecule has 10 heteroatoms. The molecule has 3 rings (SSSR count). The zero-order valence-corrected chi connectivity index (χ0v) is 18.0. The molecule has 1 fully saturated rings. The fraction of sp³-hybridized carbons (Fsp3) is 0.500. The number of ether oxygens (including phenoxy) is 1. The lowest BCUT2D eigenvalue weighted by atomic mass is 10.3. The highest BCUT2D eigenvalue weighted by Gasteiger charge is 2.17. The van der Waals surface area contributed by atoms with E-state index in [9.17, 15) is 4.79 Å². The number of likely N-dealkylation sites (N-methyl/N-ethyl adjacent to an activating group) is 1. The molecule has 9 nitrogen and oxygen atoms in total. The van der Waals surface area contributed by atoms with Gasteiger partial charge in [0.25, 0.3) is 0 Å². The Kier molecular flexibility index (Phi) is 10.8. The number of fused-ring (bicyclic) bond motifs is 1. The van der Waals surface area contributed by atoms with Gasteiger partial charge in [-0.1, -0.05) is 32.1 Å². The van der Waals surface area contributed by atoms with E-state index in [0.717, 1.165) is 43.0 Å². The minimum atomic E-state index is -0.0365. The van der Waals surface area contributed by atoms with E-state index >= 15 is 0 Å². The normalized spacial score (nSPS) is 13.5. The minimum absolute atomic E-state index is 0.0365. The number of aromatic amines is 1. The number of rotatable bonds is 4. The number of amides is 2. The van der Waals surface area contributed by atoms with Crippen molar-refractivity contribution in [3.05, 3.63) is 18.2 Å². The number of urea groups is 1. The lowest BCUT2D eigenvalue weighted by molar-refractivity contribution is 0.152. The Hall–Kier alpha value is -2.43. The van der Waals surface area contributed by atoms with Gasteiger partial charge in [0.15, 0.2) is 0 Å². The summed E-state index contributed by atoms with van der Waals surface area (Å²) in [6.07, 6.45) is 0. The molecule has 1 aliphatic rings. The van der Waals surface area contributed by atoms with Crippen LogP contribution in [0.15, 0.2) is 18.2 Å². The molecular formula is C18H31N7O2S. The molecule has 0 saturated carbocycles. The number of hydrogen-bond acceptors (Lipinski definition) is 6. The van der Waals surface area contributed by atoms with Crippen LogP contribution in [0.3, 0.4) is 0 Å². The highest BCUT2D eigenvalue weighted by Crippen LogP contribution is 2.24. The van der Waals surface area contributed by atoms with E-state index in [-0.39, 0.29) is 6.03 Å². The summed E-state index contributed by atoms with van der Waals surface area (Å²) >= 11 is 4.67. The standard InChI is InChI=1S/C9H9N3OS.C7H16N4O.C2H6/c1-13-7-4-2-3-6-8(7)12-9(11-6)10-5-14;1-8-9-7(12)11-5-3-10(2)4-6-11;1-2/h2-5H,1H3,(H2,10,11,12,14);8H,3-6H2,1-2H3,(H,9,12);1-2H3. The van der Waals surface area contributed by atoms with Crippen molar-refractivity contribution in [2.75, 3.05) is 52.7 Å². The molecule has 2 heterocycles. The SMILES string of the molecule is CC.CNNC(=O)N1CCN(C)CC1.COc1cccc2[nH]c(NC=S)nc12. The number of nitrogens with one attached hydrogen (secondary N) is 4. The van der Waals surface area contributed by atoms with E-state index in [2.05, 4.69) is 50.3 Å². The number of methoxy groups -OCH3 is 1. The number of aromatic nitrogens is 2. The van der Waals surface area contributed by atoms with Crippen LogP contribution in [0.25, 0.3) is 11.0 Å². The monoisotopic (exact) mass is 409 g/mol. The Morgan fingerprint density at radius 2 is 1.96 bits per heavy atom. The molecule has 1 aromatic carbocycles. The molecule has 0 aliphatic carbocycles. The van der Waals surface area contributed by atoms with Gasteiger partial charge in [0.1, 0.15) is 11.3 Å². The van der Waals surface area contributed by atoms with Gasteiger partial charge in [0, 0.05) is 33.2 Å². The fourth-order valence-corrected chi connectivity index (χ4v) is 2.60. The van der Waals surface area contributed by atoms with Crippen LogP contribution in [-0.4, -0.2) is 78.7 Å². The number of thiocarbonyl (C=S) groups is 1. The topological polar surface area (TPSA) is 97.5 Å². The predicted molar refractivity (Wildman–Crippen MR) is 118 cm³/mol. The Morgan fingerprint density at radius 3 is 2.54 bits per heavy atom. The maximum absolute atomic E-state index is 11.2. The first-order valence-corrected chi connectivity index (χ1v) is 9.69. The van der Waals surface area contributed by atoms with Crippen LogP contribution >= 0.6 is 12.2 Å². The van der Waals surface area contributed by atoms with Crippen molar-refractivity contribution in [2.45, 2.75) is 13.8 Å². The van der Waals surface area contributed by atoms with Crippen molar-refractivity contribution in [2.24, 2.45) is 0 Å². The maximum Gasteiger partial charge on any atom is 0.331 e. The van der Waals surface area contributed by atoms with E-state index in [0.29, 0.717) is 5.95 Å². The smallest absolute Gasteiger partial charge is 0.331 e. The van der Waals surface area contributed by atoms with E-state index in [1.54, 1.807) is 19.1 Å². The first kappa shape index (κ1) is 23.6. The molecule has 156 valence electrons. The van der Waals surface area contributed by atoms with E-state index in [4.69, 9.17) is 4.74 Å². The first-order valence-electron chi connectivity index (χ1n) is 9.22. The fourth-order valence-electron chi connectivity index (χ4n) is 2.49. The average Bonchev–Trinajstić information content (AvgIpc) is 3.13. The van der Waals surface area contributed by atoms with Crippen LogP contribution in [-0.2, 0) is 0 Å². The molecule has 0 unspecified atom stereocenters. The van der Waals surface area contributed by atoms with Crippen LogP contribution in [0, 0.1) is 0 Å². The van der Waals surface area contributed by atoms with Crippen LogP contribution in [0.2, 0.25) is 0 Å². The molecule has 1 aliphatic heterocycles. The van der Waals surface area contributed by atoms with Crippen molar-refractivity contribution >= 4 is 40.7 Å². The average molecular weight is 410 g/mol. The molecule has 2 aromatic rings. The van der Waals surface area contributed by atoms with Crippen LogP contribution in [0.4, 0.5) is 10.7 Å². The lowest BCUT2D eigenvalue weighted by Gasteiger charge is -2.32. The zero-order valence-electron chi connectivity index (χ0n) is 17.2. The van der Waals surface area contributed by atoms with Gasteiger partial charge in [-0.05, 0) is 19.2 Å². The number of anilines is 1. The second kappa shape index (κ2) is 12.9. The van der Waals surface area contributed by atoms with Crippen molar-refractivity contribution in [1.82, 2.24) is 30.6 Å². The second-order valence-corrected chi connectivity index (χ2v) is 5.91. The van der Waals surface area contributed by atoms with Gasteiger partial charge in [-0.25, -0.2) is 15.2 Å². The Morgan fingerprint density at radius 1 is 1.29 bits per heavy atom. The number of carbonyl (C=O) groups excluding carboxylic acids is 1. The summed E-state index contributed by atoms with van der Waals surface area (Å²) in [4.78, 5) is 22.6. The predicted octanol–water partition coefficient (Wildman–Crippen LogP) is 2.04. The van der Waals surface area contributed by atoms with Gasteiger partial charge in [-0.3, -0.25) is 5.43 Å². The summed E-state index contributed by atoms with van der Waals surface area (Å²) in [5, 5.41) is 2.82. The summed E-state index contributed by atoms with van der Waals surface area (Å²) in [6.45, 7) is 7.53. The van der Waals surface area contributed by atoms with Gasteiger partial charge in [0.2, 0.25) is 5.95 Å². The molecule has 2 amide bonds. The van der Waals surface area contributed by atoms with Gasteiger partial charge in [-0.2, -0.15) is 0 Å². The Balaban J connectivity index is 0.000000260. The van der Waals surface area contributed by atoms with Crippen molar-refractivity contribution < 1.29 is 9.53 Å². The van der Waals surface area contributed by atoms with Crippen LogP contribution in [0.1, 0.15) is 13.8 Å². The largest absolute Gasteiger partial charge is 0.494 e. The quantitative estimate of drug-likeness (QED) is 0.453. The molecule has 0 atom stereocenters. The number of H-pyrrole nitrogens is 1. The number of nitrogens with zero attached hydrogens (tertiary/aromatic N) is 3. The third-order valence-electron chi connectivity index (χ3n) is 3.91. The number of para-hydroxylation sites is 1. The molecule has 4 N–H and O–H groups in total. The third-order valence-corrected chi connectivity index (χ3v) is 4.03. The molecule has 1 saturated heterocycles. The Bertz CT molecular complexity index is 730. The van der Waals surface area contributed by atoms with Gasteiger partial charge < -0.3 is 24.8 Å². The van der Waals surface area contributed by atoms with Gasteiger partial charge in [-0.15, -0.1) is 0 Å². The van der Waals surface area contributed by atoms with E-state index in [1.165, 1.54) is 5.49 Å². The number of hydrogen-bond donors (Lipinski definition) is 4. The number of hydrazine groups is 1. The van der Waals surface area contributed by atoms with Gasteiger partial charge in [0.05, 0.1) is 18.1 Å². The second-order valence-electron chi connectivity index (χ2n) is 5.67. The number of benzene rings is 1. The Labute approximate surface area is 171 Å². The van der Waals surface area contributed by atoms with Crippen molar-refractivity contribution in [3.63, 3.8) is 0 Å².